The number of nitrogens with zero attached hydrogens (tertiary/aromatic N) is 1. The van der Waals surface area contributed by atoms with Crippen LogP contribution in [0.25, 0.3) is 0 Å². The van der Waals surface area contributed by atoms with Crippen LogP contribution in [0, 0.1) is 0 Å². The van der Waals surface area contributed by atoms with Crippen LogP contribution in [0.3, 0.4) is 0 Å². The van der Waals surface area contributed by atoms with Crippen molar-refractivity contribution in [2.24, 2.45) is 0 Å². The van der Waals surface area contributed by atoms with E-state index < -0.39 is 0 Å². The van der Waals surface area contributed by atoms with Crippen molar-refractivity contribution in [3.63, 3.8) is 0 Å². The molecule has 0 aliphatic carbocycles. The molecule has 14 heavy (non-hydrogen) atoms. The third-order valence-electron chi connectivity index (χ3n) is 2.45. The van der Waals surface area contributed by atoms with Crippen molar-refractivity contribution >= 4 is 5.69 Å². The summed E-state index contributed by atoms with van der Waals surface area (Å²) in [6, 6.07) is 0. The molecule has 0 bridgehead atoms. The van der Waals surface area contributed by atoms with Gasteiger partial charge in [0.2, 0.25) is 0 Å². The van der Waals surface area contributed by atoms with Gasteiger partial charge in [0, 0.05) is 12.7 Å². The monoisotopic (exact) mass is 192 g/mol. The molecule has 2 heterocycles. The first-order chi connectivity index (χ1) is 6.92. The van der Waals surface area contributed by atoms with E-state index in [0.29, 0.717) is 0 Å². The first kappa shape index (κ1) is 9.31. The molecule has 0 atom stereocenters. The Labute approximate surface area is 84.5 Å². The van der Waals surface area contributed by atoms with Crippen molar-refractivity contribution in [2.75, 3.05) is 18.5 Å². The summed E-state index contributed by atoms with van der Waals surface area (Å²) >= 11 is 0. The summed E-state index contributed by atoms with van der Waals surface area (Å²) in [5.74, 6) is 0.907. The largest absolute Gasteiger partial charge is 0.488 e. The average molecular weight is 192 g/mol. The highest BCUT2D eigenvalue weighted by Crippen LogP contribution is 2.30. The lowest BCUT2D eigenvalue weighted by molar-refractivity contribution is 0.321. The third kappa shape index (κ3) is 1.81. The number of ether oxygens (including phenoxy) is 1. The van der Waals surface area contributed by atoms with E-state index in [1.807, 2.05) is 6.20 Å². The second-order valence-corrected chi connectivity index (χ2v) is 3.55. The van der Waals surface area contributed by atoms with E-state index in [9.17, 15) is 0 Å². The second kappa shape index (κ2) is 4.31. The molecule has 2 rings (SSSR count). The Hall–Kier alpha value is -1.25. The van der Waals surface area contributed by atoms with Crippen molar-refractivity contribution in [1.29, 1.82) is 0 Å². The van der Waals surface area contributed by atoms with Crippen molar-refractivity contribution < 1.29 is 4.74 Å². The number of nitrogens with one attached hydrogen (secondary N) is 1. The molecule has 0 spiro atoms. The van der Waals surface area contributed by atoms with E-state index in [0.717, 1.165) is 31.0 Å². The fourth-order valence-corrected chi connectivity index (χ4v) is 1.69. The minimum Gasteiger partial charge on any atom is -0.488 e. The Balaban J connectivity index is 2.21. The first-order valence-corrected chi connectivity index (χ1v) is 5.25. The predicted octanol–water partition coefficient (Wildman–Crippen LogP) is 2.23. The van der Waals surface area contributed by atoms with Gasteiger partial charge in [-0.15, -0.1) is 0 Å². The van der Waals surface area contributed by atoms with Crippen LogP contribution < -0.4 is 10.1 Å². The maximum absolute atomic E-state index is 5.52. The van der Waals surface area contributed by atoms with Crippen LogP contribution in [0.15, 0.2) is 12.4 Å². The zero-order chi connectivity index (χ0) is 9.80. The highest BCUT2D eigenvalue weighted by Gasteiger charge is 2.13. The van der Waals surface area contributed by atoms with Crippen LogP contribution >= 0.6 is 0 Å². The van der Waals surface area contributed by atoms with Gasteiger partial charge in [0.1, 0.15) is 6.61 Å². The number of aryl methyl sites for hydroxylation is 1. The van der Waals surface area contributed by atoms with Crippen LogP contribution in [0.4, 0.5) is 5.69 Å². The fraction of sp³-hybridized carbons (Fsp3) is 0.545. The van der Waals surface area contributed by atoms with E-state index in [4.69, 9.17) is 4.74 Å². The van der Waals surface area contributed by atoms with Crippen LogP contribution in [0.1, 0.15) is 25.3 Å². The van der Waals surface area contributed by atoms with Crippen molar-refractivity contribution in [3.8, 4) is 5.75 Å². The Kier molecular flexibility index (Phi) is 2.87. The lowest BCUT2D eigenvalue weighted by atomic mass is 10.1. The lowest BCUT2D eigenvalue weighted by Crippen LogP contribution is -2.19. The smallest absolute Gasteiger partial charge is 0.161 e. The van der Waals surface area contributed by atoms with Crippen LogP contribution in [-0.4, -0.2) is 18.1 Å². The van der Waals surface area contributed by atoms with E-state index in [1.54, 1.807) is 6.20 Å². The van der Waals surface area contributed by atoms with Gasteiger partial charge in [-0.25, -0.2) is 0 Å². The fourth-order valence-electron chi connectivity index (χ4n) is 1.69. The quantitative estimate of drug-likeness (QED) is 0.797. The van der Waals surface area contributed by atoms with Gasteiger partial charge in [0.05, 0.1) is 11.9 Å². The Morgan fingerprint density at radius 2 is 2.43 bits per heavy atom. The van der Waals surface area contributed by atoms with Gasteiger partial charge in [0.15, 0.2) is 5.75 Å². The number of pyridine rings is 1. The standard InChI is InChI=1S/C11H16N2O/c1-2-3-4-9-7-12-8-10-11(9)13-5-6-14-10/h7-8,13H,2-6H2,1H3. The van der Waals surface area contributed by atoms with E-state index in [1.165, 1.54) is 18.4 Å². The van der Waals surface area contributed by atoms with Crippen molar-refractivity contribution in [2.45, 2.75) is 26.2 Å². The molecule has 0 radical (unpaired) electrons. The SMILES string of the molecule is CCCCc1cncc2c1NCCO2. The molecule has 0 aromatic carbocycles. The molecule has 76 valence electrons. The minimum absolute atomic E-state index is 0.742. The Morgan fingerprint density at radius 3 is 3.29 bits per heavy atom. The van der Waals surface area contributed by atoms with Gasteiger partial charge < -0.3 is 10.1 Å². The summed E-state index contributed by atoms with van der Waals surface area (Å²) in [5, 5.41) is 3.38. The van der Waals surface area contributed by atoms with Crippen molar-refractivity contribution in [3.05, 3.63) is 18.0 Å². The molecular weight excluding hydrogens is 176 g/mol. The topological polar surface area (TPSA) is 34.2 Å². The summed E-state index contributed by atoms with van der Waals surface area (Å²) in [5.41, 5.74) is 2.43. The maximum Gasteiger partial charge on any atom is 0.161 e. The summed E-state index contributed by atoms with van der Waals surface area (Å²) in [7, 11) is 0. The molecule has 0 unspecified atom stereocenters. The summed E-state index contributed by atoms with van der Waals surface area (Å²) in [6.07, 6.45) is 7.24. The maximum atomic E-state index is 5.52. The molecule has 1 aromatic rings. The van der Waals surface area contributed by atoms with Crippen LogP contribution in [0.5, 0.6) is 5.75 Å². The molecule has 1 N–H and O–H groups in total. The molecular formula is C11H16N2O. The molecule has 1 aromatic heterocycles. The molecule has 3 nitrogen and oxygen atoms in total. The zero-order valence-corrected chi connectivity index (χ0v) is 8.55. The number of fused-ring (bicyclic) bond motifs is 1. The molecule has 0 saturated heterocycles. The Morgan fingerprint density at radius 1 is 1.50 bits per heavy atom. The van der Waals surface area contributed by atoms with Crippen LogP contribution in [-0.2, 0) is 6.42 Å². The molecule has 1 aliphatic rings. The zero-order valence-electron chi connectivity index (χ0n) is 8.55. The van der Waals surface area contributed by atoms with Crippen molar-refractivity contribution in [1.82, 2.24) is 4.98 Å². The van der Waals surface area contributed by atoms with E-state index in [2.05, 4.69) is 17.2 Å². The second-order valence-electron chi connectivity index (χ2n) is 3.55. The summed E-state index contributed by atoms with van der Waals surface area (Å²) < 4.78 is 5.52. The highest BCUT2D eigenvalue weighted by molar-refractivity contribution is 5.61. The van der Waals surface area contributed by atoms with Gasteiger partial charge in [-0.1, -0.05) is 13.3 Å². The molecule has 3 heteroatoms. The lowest BCUT2D eigenvalue weighted by Gasteiger charge is -2.21. The van der Waals surface area contributed by atoms with Gasteiger partial charge in [-0.3, -0.25) is 4.98 Å². The number of hydrogen-bond acceptors (Lipinski definition) is 3. The minimum atomic E-state index is 0.742. The summed E-state index contributed by atoms with van der Waals surface area (Å²) in [4.78, 5) is 4.19. The van der Waals surface area contributed by atoms with Gasteiger partial charge >= 0.3 is 0 Å². The van der Waals surface area contributed by atoms with E-state index >= 15 is 0 Å². The van der Waals surface area contributed by atoms with Gasteiger partial charge in [-0.2, -0.15) is 0 Å². The molecule has 0 fully saturated rings. The molecule has 0 saturated carbocycles. The van der Waals surface area contributed by atoms with Gasteiger partial charge in [-0.05, 0) is 18.4 Å². The number of aromatic nitrogens is 1. The number of hydrogen-bond donors (Lipinski definition) is 1. The summed E-state index contributed by atoms with van der Waals surface area (Å²) in [6.45, 7) is 3.84. The molecule has 1 aliphatic heterocycles. The predicted molar refractivity (Wildman–Crippen MR) is 56.8 cm³/mol. The number of anilines is 1. The third-order valence-corrected chi connectivity index (χ3v) is 2.45. The normalized spacial score (nSPS) is 14.1. The Bertz CT molecular complexity index is 312. The first-order valence-electron chi connectivity index (χ1n) is 5.25. The number of unbranched alkanes of at least 4 members (excludes halogenated alkanes) is 1. The van der Waals surface area contributed by atoms with E-state index in [-0.39, 0.29) is 0 Å². The average Bonchev–Trinajstić information content (AvgIpc) is 2.26. The molecule has 0 amide bonds. The number of rotatable bonds is 3. The highest BCUT2D eigenvalue weighted by atomic mass is 16.5. The van der Waals surface area contributed by atoms with Gasteiger partial charge in [0.25, 0.3) is 0 Å². The van der Waals surface area contributed by atoms with Crippen LogP contribution in [0.2, 0.25) is 0 Å².